The van der Waals surface area contributed by atoms with Crippen LogP contribution in [0.4, 0.5) is 0 Å². The molecule has 3 heteroatoms. The molecule has 0 fully saturated rings. The highest BCUT2D eigenvalue weighted by atomic mass is 16.5. The smallest absolute Gasteiger partial charge is 0.0781 e. The minimum absolute atomic E-state index is 0.191. The highest BCUT2D eigenvalue weighted by Gasteiger charge is 2.04. The van der Waals surface area contributed by atoms with Gasteiger partial charge in [0.25, 0.3) is 0 Å². The molecule has 12 heavy (non-hydrogen) atoms. The predicted molar refractivity (Wildman–Crippen MR) is 50.4 cm³/mol. The van der Waals surface area contributed by atoms with Gasteiger partial charge in [0, 0.05) is 13.2 Å². The van der Waals surface area contributed by atoms with Crippen molar-refractivity contribution in [2.75, 3.05) is 26.9 Å². The first kappa shape index (κ1) is 11.9. The van der Waals surface area contributed by atoms with Crippen molar-refractivity contribution < 1.29 is 9.47 Å². The number of likely N-dealkylation sites (N-methyl/N-ethyl adjacent to an activating group) is 1. The van der Waals surface area contributed by atoms with E-state index < -0.39 is 0 Å². The number of nitrogens with one attached hydrogen (secondary N) is 1. The molecule has 1 N–H and O–H groups in total. The SMILES string of the molecule is CCNC(C)COC(C)COC. The van der Waals surface area contributed by atoms with Crippen molar-refractivity contribution in [2.24, 2.45) is 0 Å². The monoisotopic (exact) mass is 175 g/mol. The average molecular weight is 175 g/mol. The summed E-state index contributed by atoms with van der Waals surface area (Å²) in [7, 11) is 1.69. The summed E-state index contributed by atoms with van der Waals surface area (Å²) >= 11 is 0. The maximum atomic E-state index is 5.51. The molecule has 0 heterocycles. The van der Waals surface area contributed by atoms with E-state index in [0.29, 0.717) is 12.6 Å². The Bertz CT molecular complexity index is 86.5. The quantitative estimate of drug-likeness (QED) is 0.627. The third-order valence-corrected chi connectivity index (χ3v) is 1.58. The van der Waals surface area contributed by atoms with Gasteiger partial charge in [-0.2, -0.15) is 0 Å². The fourth-order valence-electron chi connectivity index (χ4n) is 0.999. The van der Waals surface area contributed by atoms with E-state index in [9.17, 15) is 0 Å². The summed E-state index contributed by atoms with van der Waals surface area (Å²) in [6, 6.07) is 0.425. The second-order valence-corrected chi connectivity index (χ2v) is 3.06. The van der Waals surface area contributed by atoms with Gasteiger partial charge in [-0.3, -0.25) is 0 Å². The van der Waals surface area contributed by atoms with Crippen LogP contribution >= 0.6 is 0 Å². The van der Waals surface area contributed by atoms with E-state index >= 15 is 0 Å². The molecular weight excluding hydrogens is 154 g/mol. The third-order valence-electron chi connectivity index (χ3n) is 1.58. The van der Waals surface area contributed by atoms with Crippen LogP contribution in [0.5, 0.6) is 0 Å². The van der Waals surface area contributed by atoms with Gasteiger partial charge in [-0.1, -0.05) is 6.92 Å². The Morgan fingerprint density at radius 2 is 1.92 bits per heavy atom. The molecule has 0 bridgehead atoms. The van der Waals surface area contributed by atoms with E-state index in [1.54, 1.807) is 7.11 Å². The second-order valence-electron chi connectivity index (χ2n) is 3.06. The van der Waals surface area contributed by atoms with Crippen molar-refractivity contribution in [2.45, 2.75) is 32.9 Å². The lowest BCUT2D eigenvalue weighted by molar-refractivity contribution is 0.00176. The van der Waals surface area contributed by atoms with Gasteiger partial charge in [-0.25, -0.2) is 0 Å². The molecule has 2 atom stereocenters. The fourth-order valence-corrected chi connectivity index (χ4v) is 0.999. The van der Waals surface area contributed by atoms with Crippen LogP contribution < -0.4 is 5.32 Å². The lowest BCUT2D eigenvalue weighted by Gasteiger charge is -2.16. The van der Waals surface area contributed by atoms with E-state index in [-0.39, 0.29) is 6.10 Å². The Labute approximate surface area is 75.4 Å². The predicted octanol–water partition coefficient (Wildman–Crippen LogP) is 1.04. The zero-order chi connectivity index (χ0) is 9.40. The van der Waals surface area contributed by atoms with Crippen LogP contribution in [0.1, 0.15) is 20.8 Å². The van der Waals surface area contributed by atoms with Crippen molar-refractivity contribution in [1.29, 1.82) is 0 Å². The lowest BCUT2D eigenvalue weighted by atomic mass is 10.3. The zero-order valence-corrected chi connectivity index (χ0v) is 8.59. The molecule has 74 valence electrons. The van der Waals surface area contributed by atoms with Crippen LogP contribution in [0, 0.1) is 0 Å². The van der Waals surface area contributed by atoms with Crippen LogP contribution in [0.2, 0.25) is 0 Å². The molecule has 2 unspecified atom stereocenters. The molecule has 0 spiro atoms. The van der Waals surface area contributed by atoms with Crippen molar-refractivity contribution in [3.8, 4) is 0 Å². The molecular formula is C9H21NO2. The van der Waals surface area contributed by atoms with E-state index in [1.165, 1.54) is 0 Å². The molecule has 0 saturated heterocycles. The standard InChI is InChI=1S/C9H21NO2/c1-5-10-8(2)6-12-9(3)7-11-4/h8-10H,5-7H2,1-4H3. The molecule has 0 aromatic carbocycles. The summed E-state index contributed by atoms with van der Waals surface area (Å²) in [5.74, 6) is 0. The van der Waals surface area contributed by atoms with Crippen molar-refractivity contribution >= 4 is 0 Å². The molecule has 0 aliphatic carbocycles. The molecule has 0 aromatic heterocycles. The first-order chi connectivity index (χ1) is 5.70. The molecule has 0 aromatic rings. The molecule has 0 aliphatic rings. The van der Waals surface area contributed by atoms with E-state index in [2.05, 4.69) is 19.2 Å². The molecule has 0 amide bonds. The lowest BCUT2D eigenvalue weighted by Crippen LogP contribution is -2.32. The summed E-state index contributed by atoms with van der Waals surface area (Å²) in [6.45, 7) is 8.63. The fraction of sp³-hybridized carbons (Fsp3) is 1.00. The summed E-state index contributed by atoms with van der Waals surface area (Å²) in [5, 5.41) is 3.28. The highest BCUT2D eigenvalue weighted by molar-refractivity contribution is 4.58. The van der Waals surface area contributed by atoms with Gasteiger partial charge in [-0.15, -0.1) is 0 Å². The molecule has 0 saturated carbocycles. The second kappa shape index (κ2) is 7.53. The van der Waals surface area contributed by atoms with E-state index in [1.807, 2.05) is 6.92 Å². The van der Waals surface area contributed by atoms with Crippen molar-refractivity contribution in [1.82, 2.24) is 5.32 Å². The molecule has 3 nitrogen and oxygen atoms in total. The molecule has 0 radical (unpaired) electrons. The minimum Gasteiger partial charge on any atom is -0.382 e. The maximum absolute atomic E-state index is 5.51. The zero-order valence-electron chi connectivity index (χ0n) is 8.59. The van der Waals surface area contributed by atoms with E-state index in [0.717, 1.165) is 13.2 Å². The van der Waals surface area contributed by atoms with Gasteiger partial charge in [0.05, 0.1) is 19.3 Å². The molecule has 0 rings (SSSR count). The van der Waals surface area contributed by atoms with Gasteiger partial charge in [0.2, 0.25) is 0 Å². The summed E-state index contributed by atoms with van der Waals surface area (Å²) in [6.07, 6.45) is 0.191. The number of hydrogen-bond donors (Lipinski definition) is 1. The summed E-state index contributed by atoms with van der Waals surface area (Å²) in [4.78, 5) is 0. The van der Waals surface area contributed by atoms with Crippen molar-refractivity contribution in [3.05, 3.63) is 0 Å². The normalized spacial score (nSPS) is 16.0. The van der Waals surface area contributed by atoms with Gasteiger partial charge in [0.15, 0.2) is 0 Å². The van der Waals surface area contributed by atoms with Crippen LogP contribution in [-0.4, -0.2) is 39.0 Å². The Kier molecular flexibility index (Phi) is 7.45. The average Bonchev–Trinajstić information content (AvgIpc) is 2.02. The van der Waals surface area contributed by atoms with Crippen LogP contribution in [0.3, 0.4) is 0 Å². The molecule has 0 aliphatic heterocycles. The van der Waals surface area contributed by atoms with Gasteiger partial charge < -0.3 is 14.8 Å². The Morgan fingerprint density at radius 1 is 1.25 bits per heavy atom. The Morgan fingerprint density at radius 3 is 2.42 bits per heavy atom. The van der Waals surface area contributed by atoms with Crippen LogP contribution in [0.25, 0.3) is 0 Å². The van der Waals surface area contributed by atoms with Crippen molar-refractivity contribution in [3.63, 3.8) is 0 Å². The van der Waals surface area contributed by atoms with Gasteiger partial charge >= 0.3 is 0 Å². The van der Waals surface area contributed by atoms with Crippen LogP contribution in [0.15, 0.2) is 0 Å². The highest BCUT2D eigenvalue weighted by Crippen LogP contribution is 1.93. The first-order valence-electron chi connectivity index (χ1n) is 4.54. The number of hydrogen-bond acceptors (Lipinski definition) is 3. The van der Waals surface area contributed by atoms with Crippen LogP contribution in [-0.2, 0) is 9.47 Å². The summed E-state index contributed by atoms with van der Waals surface area (Å²) in [5.41, 5.74) is 0. The minimum atomic E-state index is 0.191. The Balaban J connectivity index is 3.27. The van der Waals surface area contributed by atoms with Gasteiger partial charge in [-0.05, 0) is 20.4 Å². The third kappa shape index (κ3) is 6.58. The number of ether oxygens (including phenoxy) is 2. The first-order valence-corrected chi connectivity index (χ1v) is 4.54. The largest absolute Gasteiger partial charge is 0.382 e. The summed E-state index contributed by atoms with van der Waals surface area (Å²) < 4.78 is 10.5. The van der Waals surface area contributed by atoms with E-state index in [4.69, 9.17) is 9.47 Å². The topological polar surface area (TPSA) is 30.5 Å². The number of rotatable bonds is 7. The maximum Gasteiger partial charge on any atom is 0.0781 e. The number of methoxy groups -OCH3 is 1. The van der Waals surface area contributed by atoms with Gasteiger partial charge in [0.1, 0.15) is 0 Å². The Hall–Kier alpha value is -0.120.